The van der Waals surface area contributed by atoms with E-state index in [4.69, 9.17) is 14.2 Å². The number of esters is 1. The van der Waals surface area contributed by atoms with Gasteiger partial charge in [0.15, 0.2) is 5.13 Å². The minimum atomic E-state index is -1.01. The standard InChI is InChI=1S/C31H32N2O7S/c1-16(2)11-12-39-22-8-6-7-19(15-22)25-24(26(34)20-9-10-23-21(14-20)13-17(3)40-23)27(35)29(36)33(25)31-32-18(4)28(41-31)30(37)38-5/h6-10,14-17,25,34H,11-13H2,1-5H3/t17-,25+/m0/s1. The average Bonchev–Trinajstić information content (AvgIpc) is 3.59. The highest BCUT2D eigenvalue weighted by molar-refractivity contribution is 7.17. The lowest BCUT2D eigenvalue weighted by atomic mass is 9.94. The summed E-state index contributed by atoms with van der Waals surface area (Å²) in [6, 6.07) is 11.3. The number of rotatable bonds is 8. The number of methoxy groups -OCH3 is 1. The zero-order chi connectivity index (χ0) is 29.4. The molecular weight excluding hydrogens is 544 g/mol. The molecule has 9 nitrogen and oxygen atoms in total. The first kappa shape index (κ1) is 28.4. The molecule has 3 aromatic rings. The highest BCUT2D eigenvalue weighted by Crippen LogP contribution is 2.45. The Morgan fingerprint density at radius 3 is 2.73 bits per heavy atom. The number of aliphatic hydroxyl groups is 1. The van der Waals surface area contributed by atoms with Crippen molar-refractivity contribution in [2.75, 3.05) is 18.6 Å². The molecule has 5 rings (SSSR count). The number of ether oxygens (including phenoxy) is 3. The van der Waals surface area contributed by atoms with Crippen molar-refractivity contribution in [3.63, 3.8) is 0 Å². The first-order chi connectivity index (χ1) is 19.6. The third kappa shape index (κ3) is 5.44. The number of amides is 1. The minimum absolute atomic E-state index is 0.00330. The second kappa shape index (κ2) is 11.4. The van der Waals surface area contributed by atoms with Gasteiger partial charge < -0.3 is 19.3 Å². The fourth-order valence-electron chi connectivity index (χ4n) is 5.02. The van der Waals surface area contributed by atoms with Crippen LogP contribution in [0, 0.1) is 12.8 Å². The molecule has 0 unspecified atom stereocenters. The monoisotopic (exact) mass is 576 g/mol. The molecule has 1 aromatic heterocycles. The lowest BCUT2D eigenvalue weighted by Gasteiger charge is -2.23. The maximum absolute atomic E-state index is 13.6. The Balaban J connectivity index is 1.64. The summed E-state index contributed by atoms with van der Waals surface area (Å²) in [7, 11) is 1.26. The SMILES string of the molecule is COC(=O)c1sc(N2C(=O)C(=O)C(=C(O)c3ccc4c(c3)C[C@H](C)O4)[C@H]2c2cccc(OCCC(C)C)c2)nc1C. The minimum Gasteiger partial charge on any atom is -0.507 e. The quantitative estimate of drug-likeness (QED) is 0.159. The molecule has 0 aliphatic carbocycles. The molecular formula is C31H32N2O7S. The van der Waals surface area contributed by atoms with E-state index in [9.17, 15) is 19.5 Å². The molecule has 0 radical (unpaired) electrons. The second-order valence-electron chi connectivity index (χ2n) is 10.6. The molecule has 2 aliphatic heterocycles. The number of Topliss-reactive ketones (excluding diaryl/α,β-unsaturated/α-hetero) is 1. The third-order valence-corrected chi connectivity index (χ3v) is 8.25. The summed E-state index contributed by atoms with van der Waals surface area (Å²) in [4.78, 5) is 45.4. The second-order valence-corrected chi connectivity index (χ2v) is 11.6. The first-order valence-electron chi connectivity index (χ1n) is 13.5. The molecule has 2 aromatic carbocycles. The van der Waals surface area contributed by atoms with Gasteiger partial charge in [0.25, 0.3) is 5.78 Å². The maximum atomic E-state index is 13.6. The number of aliphatic hydroxyl groups excluding tert-OH is 1. The number of benzene rings is 2. The van der Waals surface area contributed by atoms with E-state index >= 15 is 0 Å². The topological polar surface area (TPSA) is 115 Å². The lowest BCUT2D eigenvalue weighted by molar-refractivity contribution is -0.132. The zero-order valence-corrected chi connectivity index (χ0v) is 24.4. The van der Waals surface area contributed by atoms with E-state index in [1.807, 2.05) is 6.92 Å². The molecule has 2 atom stereocenters. The summed E-state index contributed by atoms with van der Waals surface area (Å²) < 4.78 is 16.6. The van der Waals surface area contributed by atoms with Crippen molar-refractivity contribution in [3.8, 4) is 11.5 Å². The van der Waals surface area contributed by atoms with Crippen LogP contribution in [0.1, 0.15) is 65.3 Å². The number of ketones is 1. The summed E-state index contributed by atoms with van der Waals surface area (Å²) in [5.74, 6) is -0.834. The van der Waals surface area contributed by atoms with Gasteiger partial charge in [-0.05, 0) is 67.6 Å². The van der Waals surface area contributed by atoms with Crippen molar-refractivity contribution in [1.29, 1.82) is 0 Å². The van der Waals surface area contributed by atoms with Gasteiger partial charge >= 0.3 is 11.9 Å². The smallest absolute Gasteiger partial charge is 0.350 e. The number of anilines is 1. The predicted molar refractivity (Wildman–Crippen MR) is 155 cm³/mol. The van der Waals surface area contributed by atoms with Crippen LogP contribution in [0.25, 0.3) is 5.76 Å². The van der Waals surface area contributed by atoms with E-state index in [0.29, 0.717) is 41.5 Å². The molecule has 41 heavy (non-hydrogen) atoms. The molecule has 0 bridgehead atoms. The van der Waals surface area contributed by atoms with Gasteiger partial charge in [-0.15, -0.1) is 0 Å². The Hall–Kier alpha value is -4.18. The lowest BCUT2D eigenvalue weighted by Crippen LogP contribution is -2.29. The number of hydrogen-bond donors (Lipinski definition) is 1. The van der Waals surface area contributed by atoms with Crippen LogP contribution < -0.4 is 14.4 Å². The normalized spacial score (nSPS) is 19.4. The number of fused-ring (bicyclic) bond motifs is 1. The van der Waals surface area contributed by atoms with Crippen molar-refractivity contribution in [2.24, 2.45) is 5.92 Å². The Labute approximate surface area is 242 Å². The van der Waals surface area contributed by atoms with Crippen LogP contribution in [-0.2, 0) is 20.7 Å². The van der Waals surface area contributed by atoms with Gasteiger partial charge in [-0.25, -0.2) is 9.78 Å². The molecule has 0 saturated carbocycles. The molecule has 10 heteroatoms. The Bertz CT molecular complexity index is 1560. The molecule has 1 saturated heterocycles. The highest BCUT2D eigenvalue weighted by Gasteiger charge is 2.48. The summed E-state index contributed by atoms with van der Waals surface area (Å²) in [6.07, 6.45) is 1.53. The molecule has 2 aliphatic rings. The van der Waals surface area contributed by atoms with E-state index in [1.54, 1.807) is 49.4 Å². The van der Waals surface area contributed by atoms with Crippen LogP contribution in [-0.4, -0.2) is 47.6 Å². The van der Waals surface area contributed by atoms with Gasteiger partial charge in [-0.1, -0.05) is 37.3 Å². The Morgan fingerprint density at radius 1 is 1.22 bits per heavy atom. The van der Waals surface area contributed by atoms with Gasteiger partial charge in [-0.3, -0.25) is 14.5 Å². The van der Waals surface area contributed by atoms with Gasteiger partial charge in [0, 0.05) is 12.0 Å². The van der Waals surface area contributed by atoms with Crippen LogP contribution in [0.15, 0.2) is 48.0 Å². The Morgan fingerprint density at radius 2 is 2.00 bits per heavy atom. The number of nitrogens with zero attached hydrogens (tertiary/aromatic N) is 2. The molecule has 1 fully saturated rings. The molecule has 0 spiro atoms. The zero-order valence-electron chi connectivity index (χ0n) is 23.6. The first-order valence-corrected chi connectivity index (χ1v) is 14.3. The predicted octanol–water partition coefficient (Wildman–Crippen LogP) is 5.61. The molecule has 214 valence electrons. The van der Waals surface area contributed by atoms with Crippen LogP contribution in [0.2, 0.25) is 0 Å². The number of aryl methyl sites for hydroxylation is 1. The van der Waals surface area contributed by atoms with E-state index < -0.39 is 23.7 Å². The fraction of sp³-hybridized carbons (Fsp3) is 0.355. The van der Waals surface area contributed by atoms with Crippen LogP contribution in [0.5, 0.6) is 11.5 Å². The highest BCUT2D eigenvalue weighted by atomic mass is 32.1. The van der Waals surface area contributed by atoms with Crippen molar-refractivity contribution in [1.82, 2.24) is 4.98 Å². The number of carbonyl (C=O) groups excluding carboxylic acids is 3. The fourth-order valence-corrected chi connectivity index (χ4v) is 6.04. The molecule has 1 N–H and O–H groups in total. The third-order valence-electron chi connectivity index (χ3n) is 7.11. The van der Waals surface area contributed by atoms with Gasteiger partial charge in [-0.2, -0.15) is 0 Å². The summed E-state index contributed by atoms with van der Waals surface area (Å²) >= 11 is 0.956. The van der Waals surface area contributed by atoms with Gasteiger partial charge in [0.1, 0.15) is 28.2 Å². The van der Waals surface area contributed by atoms with Crippen molar-refractivity contribution < 1.29 is 33.7 Å². The van der Waals surface area contributed by atoms with Gasteiger partial charge in [0.2, 0.25) is 0 Å². The number of hydrogen-bond acceptors (Lipinski definition) is 9. The summed E-state index contributed by atoms with van der Waals surface area (Å²) in [5, 5.41) is 11.7. The van der Waals surface area contributed by atoms with Gasteiger partial charge in [0.05, 0.1) is 31.0 Å². The van der Waals surface area contributed by atoms with Crippen molar-refractivity contribution in [3.05, 3.63) is 75.3 Å². The average molecular weight is 577 g/mol. The van der Waals surface area contributed by atoms with Crippen LogP contribution >= 0.6 is 11.3 Å². The largest absolute Gasteiger partial charge is 0.507 e. The van der Waals surface area contributed by atoms with E-state index in [-0.39, 0.29) is 27.4 Å². The van der Waals surface area contributed by atoms with E-state index in [2.05, 4.69) is 18.8 Å². The summed E-state index contributed by atoms with van der Waals surface area (Å²) in [6.45, 7) is 8.31. The summed E-state index contributed by atoms with van der Waals surface area (Å²) in [5.41, 5.74) is 2.16. The van der Waals surface area contributed by atoms with E-state index in [1.165, 1.54) is 12.0 Å². The number of carbonyl (C=O) groups is 3. The maximum Gasteiger partial charge on any atom is 0.350 e. The number of aromatic nitrogens is 1. The van der Waals surface area contributed by atoms with Crippen LogP contribution in [0.3, 0.4) is 0 Å². The van der Waals surface area contributed by atoms with Crippen molar-refractivity contribution in [2.45, 2.75) is 52.7 Å². The molecule has 1 amide bonds. The number of thiazole rings is 1. The molecule has 3 heterocycles. The van der Waals surface area contributed by atoms with E-state index in [0.717, 1.165) is 29.1 Å². The van der Waals surface area contributed by atoms with Crippen LogP contribution in [0.4, 0.5) is 5.13 Å². The van der Waals surface area contributed by atoms with Crippen molar-refractivity contribution >= 4 is 39.9 Å². The Kier molecular flexibility index (Phi) is 7.86.